The van der Waals surface area contributed by atoms with E-state index >= 15 is 0 Å². The molecule has 5 atom stereocenters. The number of esters is 1. The number of benzene rings is 1. The van der Waals surface area contributed by atoms with Crippen LogP contribution in [0.25, 0.3) is 0 Å². The fourth-order valence-electron chi connectivity index (χ4n) is 5.04. The zero-order chi connectivity index (χ0) is 39.1. The van der Waals surface area contributed by atoms with E-state index in [1.54, 1.807) is 0 Å². The Bertz CT molecular complexity index is 1600. The highest BCUT2D eigenvalue weighted by Crippen LogP contribution is 2.29. The molecule has 3 rings (SSSR count). The third-order valence-corrected chi connectivity index (χ3v) is 8.42. The fourth-order valence-corrected chi connectivity index (χ4v) is 5.69. The average Bonchev–Trinajstić information content (AvgIpc) is 3.40. The smallest absolute Gasteiger partial charge is 0.335 e. The van der Waals surface area contributed by atoms with Crippen molar-refractivity contribution in [2.45, 2.75) is 76.3 Å². The van der Waals surface area contributed by atoms with Gasteiger partial charge in [0.05, 0.1) is 19.3 Å². The second-order valence-corrected chi connectivity index (χ2v) is 13.4. The van der Waals surface area contributed by atoms with Gasteiger partial charge in [0.25, 0.3) is 21.9 Å². The Labute approximate surface area is 304 Å². The highest BCUT2D eigenvalue weighted by molar-refractivity contribution is 7.85. The molecule has 0 spiro atoms. The van der Waals surface area contributed by atoms with Crippen molar-refractivity contribution in [3.63, 3.8) is 0 Å². The molecule has 1 aromatic carbocycles. The van der Waals surface area contributed by atoms with Gasteiger partial charge < -0.3 is 49.6 Å². The van der Waals surface area contributed by atoms with Crippen molar-refractivity contribution in [2.75, 3.05) is 38.7 Å². The summed E-state index contributed by atoms with van der Waals surface area (Å²) in [6, 6.07) is 2.81. The van der Waals surface area contributed by atoms with Crippen molar-refractivity contribution < 1.29 is 80.7 Å². The minimum Gasteiger partial charge on any atom is -0.491 e. The van der Waals surface area contributed by atoms with Gasteiger partial charge in [0, 0.05) is 56.6 Å². The van der Waals surface area contributed by atoms with Gasteiger partial charge in [-0.15, -0.1) is 0 Å². The lowest BCUT2D eigenvalue weighted by atomic mass is 10.0. The lowest BCUT2D eigenvalue weighted by Crippen LogP contribution is -2.53. The lowest BCUT2D eigenvalue weighted by molar-refractivity contribution is -0.228. The maximum atomic E-state index is 12.7. The maximum absolute atomic E-state index is 12.7. The molecule has 21 heteroatoms. The molecule has 6 N–H and O–H groups in total. The Morgan fingerprint density at radius 2 is 1.75 bits per heavy atom. The van der Waals surface area contributed by atoms with Crippen LogP contribution >= 0.6 is 0 Å². The quantitative estimate of drug-likeness (QED) is 0.0335. The first-order chi connectivity index (χ1) is 25.0. The lowest BCUT2D eigenvalue weighted by Gasteiger charge is -2.34. The van der Waals surface area contributed by atoms with Gasteiger partial charge in [-0.25, -0.2) is 4.79 Å². The highest BCUT2D eigenvalue weighted by atomic mass is 32.2. The number of aliphatic carboxylic acids is 1. The summed E-state index contributed by atoms with van der Waals surface area (Å²) in [4.78, 5) is 72.0. The SMILES string of the molecule is CC(=O)OCc1ccc(O[C@H]2C[C@@H](O)C(O)[C@@H](C(=O)O)O2)cc1OCCOCCNC(=O)[C@H](CS(=O)(=O)O)NC(=O)CCCCCN1C(=O)C=CC1=O. The molecule has 294 valence electrons. The average molecular weight is 774 g/mol. The van der Waals surface area contributed by atoms with E-state index in [9.17, 15) is 57.1 Å². The van der Waals surface area contributed by atoms with E-state index in [-0.39, 0.29) is 63.9 Å². The Morgan fingerprint density at radius 3 is 2.42 bits per heavy atom. The number of aliphatic hydroxyl groups is 2. The largest absolute Gasteiger partial charge is 0.491 e. The summed E-state index contributed by atoms with van der Waals surface area (Å²) in [6.07, 6.45) is -2.75. The molecule has 1 fully saturated rings. The number of nitrogens with zero attached hydrogens (tertiary/aromatic N) is 1. The van der Waals surface area contributed by atoms with E-state index < -0.39 is 82.1 Å². The maximum Gasteiger partial charge on any atom is 0.335 e. The summed E-state index contributed by atoms with van der Waals surface area (Å²) < 4.78 is 59.5. The minimum atomic E-state index is -4.65. The van der Waals surface area contributed by atoms with E-state index in [1.807, 2.05) is 0 Å². The highest BCUT2D eigenvalue weighted by Gasteiger charge is 2.42. The van der Waals surface area contributed by atoms with Crippen molar-refractivity contribution in [1.82, 2.24) is 15.5 Å². The third kappa shape index (κ3) is 14.7. The number of unbranched alkanes of at least 4 members (excludes halogenated alkanes) is 2. The normalized spacial score (nSPS) is 20.5. The number of carbonyl (C=O) groups is 6. The molecule has 20 nitrogen and oxygen atoms in total. The number of carboxylic acids is 1. The molecule has 53 heavy (non-hydrogen) atoms. The van der Waals surface area contributed by atoms with Crippen molar-refractivity contribution in [1.29, 1.82) is 0 Å². The van der Waals surface area contributed by atoms with Crippen LogP contribution in [-0.4, -0.2) is 138 Å². The Balaban J connectivity index is 1.43. The second kappa shape index (κ2) is 20.5. The molecule has 0 aromatic heterocycles. The molecular formula is C32H43N3O17S. The van der Waals surface area contributed by atoms with Crippen LogP contribution in [-0.2, 0) is 59.7 Å². The summed E-state index contributed by atoms with van der Waals surface area (Å²) in [5.41, 5.74) is 0.433. The standard InChI is InChI=1S/C32H43N3O17S/c1-19(36)50-17-20-6-7-21(51-28-16-23(37)29(41)30(52-28)32(43)44)15-24(20)49-14-13-48-12-10-33-31(42)22(18-53(45,46)47)34-25(38)5-3-2-4-11-35-26(39)8-9-27(35)40/h6-9,15,22-23,28-30,37,41H,2-5,10-14,16-18H2,1H3,(H,33,42)(H,34,38)(H,43,44)(H,45,46,47)/t22-,23+,28+,29?,30-/m0/s1. The van der Waals surface area contributed by atoms with Crippen LogP contribution in [0.2, 0.25) is 0 Å². The first-order valence-corrected chi connectivity index (χ1v) is 18.1. The Hall–Kier alpha value is -4.67. The van der Waals surface area contributed by atoms with Crippen LogP contribution < -0.4 is 20.1 Å². The molecular weight excluding hydrogens is 730 g/mol. The van der Waals surface area contributed by atoms with Gasteiger partial charge in [-0.1, -0.05) is 6.42 Å². The molecule has 2 heterocycles. The van der Waals surface area contributed by atoms with E-state index in [0.29, 0.717) is 24.8 Å². The molecule has 1 saturated heterocycles. The van der Waals surface area contributed by atoms with Gasteiger partial charge >= 0.3 is 11.9 Å². The second-order valence-electron chi connectivity index (χ2n) is 11.9. The summed E-state index contributed by atoms with van der Waals surface area (Å²) in [5.74, 6) is -5.13. The summed E-state index contributed by atoms with van der Waals surface area (Å²) in [5, 5.41) is 33.9. The molecule has 0 bridgehead atoms. The first-order valence-electron chi connectivity index (χ1n) is 16.5. The van der Waals surface area contributed by atoms with Crippen LogP contribution in [0.4, 0.5) is 0 Å². The number of imide groups is 1. The molecule has 2 aliphatic rings. The monoisotopic (exact) mass is 773 g/mol. The van der Waals surface area contributed by atoms with Gasteiger partial charge in [-0.3, -0.25) is 33.4 Å². The number of hydrogen-bond donors (Lipinski definition) is 6. The van der Waals surface area contributed by atoms with Gasteiger partial charge in [-0.2, -0.15) is 8.42 Å². The fraction of sp³-hybridized carbons (Fsp3) is 0.562. The van der Waals surface area contributed by atoms with Gasteiger partial charge in [0.15, 0.2) is 6.10 Å². The van der Waals surface area contributed by atoms with E-state index in [0.717, 1.165) is 4.90 Å². The molecule has 0 radical (unpaired) electrons. The number of nitrogens with one attached hydrogen (secondary N) is 2. The number of hydrogen-bond acceptors (Lipinski definition) is 15. The Morgan fingerprint density at radius 1 is 1.04 bits per heavy atom. The Kier molecular flexibility index (Phi) is 16.6. The van der Waals surface area contributed by atoms with Crippen molar-refractivity contribution in [2.24, 2.45) is 0 Å². The van der Waals surface area contributed by atoms with Crippen molar-refractivity contribution in [3.8, 4) is 11.5 Å². The number of ether oxygens (including phenoxy) is 5. The van der Waals surface area contributed by atoms with Gasteiger partial charge in [0.1, 0.15) is 42.6 Å². The molecule has 0 aliphatic carbocycles. The number of carboxylic acid groups (broad SMARTS) is 1. The molecule has 0 saturated carbocycles. The van der Waals surface area contributed by atoms with Crippen LogP contribution in [0, 0.1) is 0 Å². The summed E-state index contributed by atoms with van der Waals surface area (Å²) in [7, 11) is -4.65. The number of rotatable bonds is 22. The molecule has 1 aromatic rings. The van der Waals surface area contributed by atoms with Crippen LogP contribution in [0.15, 0.2) is 30.4 Å². The van der Waals surface area contributed by atoms with Gasteiger partial charge in [-0.05, 0) is 25.0 Å². The van der Waals surface area contributed by atoms with E-state index in [2.05, 4.69) is 10.6 Å². The number of amides is 4. The first kappa shape index (κ1) is 42.7. The third-order valence-electron chi connectivity index (χ3n) is 7.66. The van der Waals surface area contributed by atoms with E-state index in [1.165, 1.54) is 37.3 Å². The number of aliphatic hydroxyl groups excluding tert-OH is 2. The summed E-state index contributed by atoms with van der Waals surface area (Å²) in [6.45, 7) is 0.981. The summed E-state index contributed by atoms with van der Waals surface area (Å²) >= 11 is 0. The number of carbonyl (C=O) groups excluding carboxylic acids is 5. The predicted octanol–water partition coefficient (Wildman–Crippen LogP) is -1.58. The molecule has 2 aliphatic heterocycles. The zero-order valence-corrected chi connectivity index (χ0v) is 29.5. The minimum absolute atomic E-state index is 0.0220. The van der Waals surface area contributed by atoms with Crippen molar-refractivity contribution in [3.05, 3.63) is 35.9 Å². The van der Waals surface area contributed by atoms with Crippen molar-refractivity contribution >= 4 is 45.7 Å². The topological polar surface area (TPSA) is 291 Å². The van der Waals surface area contributed by atoms with Crippen LogP contribution in [0.5, 0.6) is 11.5 Å². The van der Waals surface area contributed by atoms with Gasteiger partial charge in [0.2, 0.25) is 18.1 Å². The molecule has 4 amide bonds. The van der Waals surface area contributed by atoms with Crippen LogP contribution in [0.1, 0.15) is 44.6 Å². The molecule has 1 unspecified atom stereocenters. The van der Waals surface area contributed by atoms with Crippen LogP contribution in [0.3, 0.4) is 0 Å². The van der Waals surface area contributed by atoms with E-state index in [4.69, 9.17) is 23.7 Å². The zero-order valence-electron chi connectivity index (χ0n) is 28.7. The predicted molar refractivity (Wildman–Crippen MR) is 177 cm³/mol.